The van der Waals surface area contributed by atoms with Gasteiger partial charge in [0.1, 0.15) is 0 Å². The summed E-state index contributed by atoms with van der Waals surface area (Å²) in [5.74, 6) is 1.09. The van der Waals surface area contributed by atoms with Crippen LogP contribution in [-0.2, 0) is 4.74 Å². The first kappa shape index (κ1) is 16.4. The molecule has 1 atom stereocenters. The van der Waals surface area contributed by atoms with Crippen LogP contribution in [-0.4, -0.2) is 19.1 Å². The van der Waals surface area contributed by atoms with E-state index in [1.807, 2.05) is 36.4 Å². The fraction of sp³-hybridized carbons (Fsp3) is 0.176. The van der Waals surface area contributed by atoms with E-state index in [0.717, 1.165) is 11.8 Å². The molecular formula is C17H17NO5. The monoisotopic (exact) mass is 315 g/mol. The zero-order chi connectivity index (χ0) is 16.7. The molecule has 0 aliphatic carbocycles. The first-order valence-corrected chi connectivity index (χ1v) is 6.89. The van der Waals surface area contributed by atoms with Gasteiger partial charge in [-0.2, -0.15) is 0 Å². The van der Waals surface area contributed by atoms with Crippen molar-refractivity contribution in [3.8, 4) is 11.5 Å². The summed E-state index contributed by atoms with van der Waals surface area (Å²) in [6.07, 6.45) is 0.0375. The number of nitro groups is 1. The maximum atomic E-state index is 10.8. The number of methoxy groups -OCH3 is 2. The Morgan fingerprint density at radius 2 is 1.65 bits per heavy atom. The maximum Gasteiger partial charge on any atom is 0.276 e. The fourth-order valence-corrected chi connectivity index (χ4v) is 2.09. The van der Waals surface area contributed by atoms with Crippen LogP contribution in [0.5, 0.6) is 11.5 Å². The fourth-order valence-electron chi connectivity index (χ4n) is 2.09. The van der Waals surface area contributed by atoms with E-state index in [0.29, 0.717) is 11.5 Å². The highest BCUT2D eigenvalue weighted by Crippen LogP contribution is 2.34. The van der Waals surface area contributed by atoms with Crippen LogP contribution in [0.25, 0.3) is 0 Å². The molecule has 0 N–H and O–H groups in total. The lowest BCUT2D eigenvalue weighted by molar-refractivity contribution is -0.405. The van der Waals surface area contributed by atoms with E-state index in [9.17, 15) is 10.1 Å². The molecule has 2 aromatic carbocycles. The van der Waals surface area contributed by atoms with Crippen molar-refractivity contribution in [1.29, 1.82) is 0 Å². The zero-order valence-electron chi connectivity index (χ0n) is 12.8. The molecule has 1 unspecified atom stereocenters. The SMILES string of the molecule is CO/C(=C\[N+](=O)[O-])C(Oc1ccccc1OC)c1ccccc1. The van der Waals surface area contributed by atoms with Gasteiger partial charge in [0, 0.05) is 5.56 Å². The minimum atomic E-state index is -0.761. The van der Waals surface area contributed by atoms with Crippen molar-refractivity contribution in [2.24, 2.45) is 0 Å². The summed E-state index contributed by atoms with van der Waals surface area (Å²) >= 11 is 0. The van der Waals surface area contributed by atoms with E-state index in [1.165, 1.54) is 14.2 Å². The highest BCUT2D eigenvalue weighted by molar-refractivity contribution is 5.40. The Hall–Kier alpha value is -3.02. The van der Waals surface area contributed by atoms with E-state index < -0.39 is 11.0 Å². The van der Waals surface area contributed by atoms with Crippen LogP contribution in [0.2, 0.25) is 0 Å². The number of nitrogens with zero attached hydrogens (tertiary/aromatic N) is 1. The summed E-state index contributed by atoms with van der Waals surface area (Å²) < 4.78 is 16.4. The normalized spacial score (nSPS) is 12.3. The average molecular weight is 315 g/mol. The van der Waals surface area contributed by atoms with Gasteiger partial charge in [-0.05, 0) is 12.1 Å². The van der Waals surface area contributed by atoms with Crippen LogP contribution in [0.4, 0.5) is 0 Å². The maximum absolute atomic E-state index is 10.8. The molecule has 2 rings (SSSR count). The predicted molar refractivity (Wildman–Crippen MR) is 84.9 cm³/mol. The molecule has 0 aliphatic heterocycles. The van der Waals surface area contributed by atoms with Gasteiger partial charge in [0.05, 0.1) is 19.1 Å². The molecule has 0 fully saturated rings. The molecule has 0 aliphatic rings. The van der Waals surface area contributed by atoms with Crippen LogP contribution < -0.4 is 9.47 Å². The van der Waals surface area contributed by atoms with Gasteiger partial charge in [0.2, 0.25) is 5.76 Å². The van der Waals surface area contributed by atoms with Crippen molar-refractivity contribution < 1.29 is 19.1 Å². The third-order valence-electron chi connectivity index (χ3n) is 3.14. The Kier molecular flexibility index (Phi) is 5.57. The van der Waals surface area contributed by atoms with Gasteiger partial charge in [0.15, 0.2) is 17.6 Å². The summed E-state index contributed by atoms with van der Waals surface area (Å²) in [5.41, 5.74) is 0.730. The van der Waals surface area contributed by atoms with Crippen molar-refractivity contribution in [3.63, 3.8) is 0 Å². The van der Waals surface area contributed by atoms with Crippen LogP contribution in [0, 0.1) is 10.1 Å². The summed E-state index contributed by atoms with van der Waals surface area (Å²) in [6, 6.07) is 16.2. The number of hydrogen-bond donors (Lipinski definition) is 0. The minimum absolute atomic E-state index is 0.0899. The first-order chi connectivity index (χ1) is 11.2. The molecule has 0 aromatic heterocycles. The topological polar surface area (TPSA) is 70.8 Å². The van der Waals surface area contributed by atoms with Crippen molar-refractivity contribution in [2.45, 2.75) is 6.10 Å². The second kappa shape index (κ2) is 7.84. The molecular weight excluding hydrogens is 298 g/mol. The number of para-hydroxylation sites is 2. The number of rotatable bonds is 7. The first-order valence-electron chi connectivity index (χ1n) is 6.89. The van der Waals surface area contributed by atoms with Gasteiger partial charge < -0.3 is 14.2 Å². The van der Waals surface area contributed by atoms with E-state index >= 15 is 0 Å². The Balaban J connectivity index is 2.43. The summed E-state index contributed by atoms with van der Waals surface area (Å²) in [5, 5.41) is 10.8. The number of ether oxygens (including phenoxy) is 3. The minimum Gasteiger partial charge on any atom is -0.493 e. The summed E-state index contributed by atoms with van der Waals surface area (Å²) in [7, 11) is 2.90. The molecule has 0 saturated heterocycles. The van der Waals surface area contributed by atoms with E-state index in [-0.39, 0.29) is 5.76 Å². The van der Waals surface area contributed by atoms with Crippen molar-refractivity contribution >= 4 is 0 Å². The summed E-state index contributed by atoms with van der Waals surface area (Å²) in [6.45, 7) is 0. The number of hydrogen-bond acceptors (Lipinski definition) is 5. The second-order valence-corrected chi connectivity index (χ2v) is 4.58. The molecule has 2 aromatic rings. The molecule has 0 heterocycles. The molecule has 0 radical (unpaired) electrons. The third kappa shape index (κ3) is 4.23. The van der Waals surface area contributed by atoms with E-state index in [2.05, 4.69) is 0 Å². The van der Waals surface area contributed by atoms with Crippen LogP contribution >= 0.6 is 0 Å². The molecule has 0 spiro atoms. The van der Waals surface area contributed by atoms with Gasteiger partial charge in [-0.3, -0.25) is 10.1 Å². The van der Waals surface area contributed by atoms with Gasteiger partial charge in [0.25, 0.3) is 6.20 Å². The smallest absolute Gasteiger partial charge is 0.276 e. The summed E-state index contributed by atoms with van der Waals surface area (Å²) in [4.78, 5) is 10.3. The lowest BCUT2D eigenvalue weighted by Gasteiger charge is -2.21. The van der Waals surface area contributed by atoms with Gasteiger partial charge in [-0.15, -0.1) is 0 Å². The second-order valence-electron chi connectivity index (χ2n) is 4.58. The van der Waals surface area contributed by atoms with Crippen molar-refractivity contribution in [3.05, 3.63) is 82.2 Å². The molecule has 120 valence electrons. The lowest BCUT2D eigenvalue weighted by Crippen LogP contribution is -2.14. The molecule has 23 heavy (non-hydrogen) atoms. The Labute approximate surface area is 134 Å². The van der Waals surface area contributed by atoms with Gasteiger partial charge in [-0.1, -0.05) is 42.5 Å². The zero-order valence-corrected chi connectivity index (χ0v) is 12.8. The molecule has 0 saturated carbocycles. The Bertz CT molecular complexity index is 684. The average Bonchev–Trinajstić information content (AvgIpc) is 2.58. The molecule has 0 bridgehead atoms. The van der Waals surface area contributed by atoms with Crippen LogP contribution in [0.3, 0.4) is 0 Å². The predicted octanol–water partition coefficient (Wildman–Crippen LogP) is 3.58. The van der Waals surface area contributed by atoms with Gasteiger partial charge >= 0.3 is 0 Å². The highest BCUT2D eigenvalue weighted by atomic mass is 16.6. The van der Waals surface area contributed by atoms with Crippen LogP contribution in [0.15, 0.2) is 66.6 Å². The molecule has 0 amide bonds. The molecule has 6 nitrogen and oxygen atoms in total. The quantitative estimate of drug-likeness (QED) is 0.444. The lowest BCUT2D eigenvalue weighted by atomic mass is 10.1. The Morgan fingerprint density at radius 3 is 2.22 bits per heavy atom. The van der Waals surface area contributed by atoms with Crippen molar-refractivity contribution in [1.82, 2.24) is 0 Å². The third-order valence-corrected chi connectivity index (χ3v) is 3.14. The largest absolute Gasteiger partial charge is 0.493 e. The van der Waals surface area contributed by atoms with Gasteiger partial charge in [-0.25, -0.2) is 0 Å². The van der Waals surface area contributed by atoms with E-state index in [1.54, 1.807) is 18.2 Å². The van der Waals surface area contributed by atoms with Crippen LogP contribution in [0.1, 0.15) is 11.7 Å². The van der Waals surface area contributed by atoms with E-state index in [4.69, 9.17) is 14.2 Å². The Morgan fingerprint density at radius 1 is 1.04 bits per heavy atom. The molecule has 6 heteroatoms. The highest BCUT2D eigenvalue weighted by Gasteiger charge is 2.24. The van der Waals surface area contributed by atoms with Crippen molar-refractivity contribution in [2.75, 3.05) is 14.2 Å². The standard InChI is InChI=1S/C17H17NO5/c1-21-14-10-6-7-11-15(14)23-17(13-8-4-3-5-9-13)16(22-2)12-18(19)20/h3-12,17H,1-2H3/b16-12-. The number of benzene rings is 2.